The van der Waals surface area contributed by atoms with Gasteiger partial charge in [-0.05, 0) is 24.4 Å². The molecule has 0 spiro atoms. The van der Waals surface area contributed by atoms with Crippen molar-refractivity contribution in [2.24, 2.45) is 0 Å². The maximum atomic E-state index is 8.70. The summed E-state index contributed by atoms with van der Waals surface area (Å²) in [4.78, 5) is 3.33. The van der Waals surface area contributed by atoms with Gasteiger partial charge in [-0.15, -0.1) is 0 Å². The van der Waals surface area contributed by atoms with Crippen molar-refractivity contribution >= 4 is 17.3 Å². The van der Waals surface area contributed by atoms with E-state index in [4.69, 9.17) is 21.9 Å². The Morgan fingerprint density at radius 2 is 2.37 bits per heavy atom. The predicted molar refractivity (Wildman–Crippen MR) is 77.6 cm³/mol. The van der Waals surface area contributed by atoms with Crippen LogP contribution < -0.4 is 10.2 Å². The third-order valence-electron chi connectivity index (χ3n) is 2.61. The molecule has 0 aliphatic carbocycles. The van der Waals surface area contributed by atoms with Crippen molar-refractivity contribution in [3.8, 4) is 6.07 Å². The fraction of sp³-hybridized carbons (Fsp3) is 0.538. The molecule has 1 aromatic rings. The van der Waals surface area contributed by atoms with E-state index >= 15 is 0 Å². The molecule has 1 heterocycles. The lowest BCUT2D eigenvalue weighted by molar-refractivity contribution is -0.856. The molecule has 0 aliphatic heterocycles. The maximum Gasteiger partial charge on any atom is 0.169 e. The Morgan fingerprint density at radius 1 is 1.58 bits per heavy atom. The normalized spacial score (nSPS) is 10.2. The second-order valence-electron chi connectivity index (χ2n) is 4.60. The fourth-order valence-electron chi connectivity index (χ4n) is 1.56. The zero-order chi connectivity index (χ0) is 14.1. The topological polar surface area (TPSA) is 56.6 Å². The molecule has 0 unspecified atom stereocenters. The first-order valence-electron chi connectivity index (χ1n) is 6.34. The zero-order valence-electron chi connectivity index (χ0n) is 11.5. The Kier molecular flexibility index (Phi) is 6.93. The summed E-state index contributed by atoms with van der Waals surface area (Å²) < 4.78 is 5.32. The molecule has 0 aliphatic rings. The van der Waals surface area contributed by atoms with Crippen LogP contribution in [-0.2, 0) is 6.54 Å². The van der Waals surface area contributed by atoms with Gasteiger partial charge in [-0.2, -0.15) is 5.26 Å². The molecule has 0 radical (unpaired) electrons. The quantitative estimate of drug-likeness (QED) is 0.690. The average molecular weight is 281 g/mol. The third-order valence-corrected chi connectivity index (χ3v) is 3.01. The van der Waals surface area contributed by atoms with Gasteiger partial charge in [0.2, 0.25) is 0 Å². The van der Waals surface area contributed by atoms with Crippen LogP contribution in [0.15, 0.2) is 22.8 Å². The van der Waals surface area contributed by atoms with Crippen molar-refractivity contribution in [2.45, 2.75) is 13.0 Å². The highest BCUT2D eigenvalue weighted by atomic mass is 32.1. The highest BCUT2D eigenvalue weighted by Crippen LogP contribution is 2.06. The van der Waals surface area contributed by atoms with E-state index in [9.17, 15) is 0 Å². The van der Waals surface area contributed by atoms with Crippen LogP contribution in [0.5, 0.6) is 0 Å². The lowest BCUT2D eigenvalue weighted by atomic mass is 10.3. The second kappa shape index (κ2) is 8.51. The van der Waals surface area contributed by atoms with Crippen LogP contribution in [0.2, 0.25) is 0 Å². The molecule has 0 atom stereocenters. The van der Waals surface area contributed by atoms with Crippen LogP contribution in [-0.4, -0.2) is 43.7 Å². The Morgan fingerprint density at radius 3 is 2.95 bits per heavy atom. The summed E-state index contributed by atoms with van der Waals surface area (Å²) in [6, 6.07) is 5.90. The Balaban J connectivity index is 2.47. The third kappa shape index (κ3) is 6.22. The molecular formula is C13H21N4OS+. The van der Waals surface area contributed by atoms with Gasteiger partial charge in [-0.3, -0.25) is 0 Å². The summed E-state index contributed by atoms with van der Waals surface area (Å²) in [6.07, 6.45) is 2.09. The van der Waals surface area contributed by atoms with Gasteiger partial charge in [0.05, 0.1) is 52.5 Å². The summed E-state index contributed by atoms with van der Waals surface area (Å²) in [5.41, 5.74) is 0. The largest absolute Gasteiger partial charge is 0.467 e. The number of hydrogen-bond acceptors (Lipinski definition) is 3. The highest BCUT2D eigenvalue weighted by Gasteiger charge is 2.11. The molecule has 0 saturated heterocycles. The molecule has 5 nitrogen and oxygen atoms in total. The molecule has 0 saturated carbocycles. The van der Waals surface area contributed by atoms with Crippen LogP contribution in [0.3, 0.4) is 0 Å². The minimum Gasteiger partial charge on any atom is -0.467 e. The molecule has 0 fully saturated rings. The Hall–Kier alpha value is -1.58. The predicted octanol–water partition coefficient (Wildman–Crippen LogP) is 0.0143. The number of rotatable bonds is 7. The maximum absolute atomic E-state index is 8.70. The van der Waals surface area contributed by atoms with Crippen LogP contribution in [0, 0.1) is 11.3 Å². The van der Waals surface area contributed by atoms with Crippen molar-refractivity contribution in [3.63, 3.8) is 0 Å². The van der Waals surface area contributed by atoms with Crippen LogP contribution >= 0.6 is 12.2 Å². The van der Waals surface area contributed by atoms with Gasteiger partial charge in [-0.1, -0.05) is 0 Å². The van der Waals surface area contributed by atoms with Gasteiger partial charge in [0.15, 0.2) is 5.11 Å². The first-order chi connectivity index (χ1) is 9.13. The van der Waals surface area contributed by atoms with Crippen molar-refractivity contribution in [1.82, 2.24) is 10.2 Å². The standard InChI is InChI=1S/C13H20N4OS/c1-16(2)9-7-15-13(19)17(8-4-6-14)11-12-5-3-10-18-12/h3,5,10H,4,7-9,11H2,1-2H3,(H,15,19)/p+1. The number of likely N-dealkylation sites (N-methyl/N-ethyl adjacent to an activating group) is 1. The van der Waals surface area contributed by atoms with Gasteiger partial charge < -0.3 is 19.5 Å². The molecule has 0 bridgehead atoms. The number of quaternary nitrogens is 1. The smallest absolute Gasteiger partial charge is 0.169 e. The van der Waals surface area contributed by atoms with Crippen molar-refractivity contribution < 1.29 is 9.32 Å². The van der Waals surface area contributed by atoms with E-state index < -0.39 is 0 Å². The second-order valence-corrected chi connectivity index (χ2v) is 4.98. The number of thiocarbonyl (C=S) groups is 1. The van der Waals surface area contributed by atoms with Gasteiger partial charge >= 0.3 is 0 Å². The zero-order valence-corrected chi connectivity index (χ0v) is 12.3. The highest BCUT2D eigenvalue weighted by molar-refractivity contribution is 7.80. The number of hydrogen-bond donors (Lipinski definition) is 2. The Bertz CT molecular complexity index is 411. The lowest BCUT2D eigenvalue weighted by Gasteiger charge is -2.24. The van der Waals surface area contributed by atoms with E-state index in [1.165, 1.54) is 4.90 Å². The minimum absolute atomic E-state index is 0.446. The van der Waals surface area contributed by atoms with Gasteiger partial charge in [-0.25, -0.2) is 0 Å². The molecule has 1 rings (SSSR count). The summed E-state index contributed by atoms with van der Waals surface area (Å²) in [5.74, 6) is 0.848. The first-order valence-corrected chi connectivity index (χ1v) is 6.75. The van der Waals surface area contributed by atoms with E-state index in [2.05, 4.69) is 25.5 Å². The SMILES string of the molecule is C[NH+](C)CCNC(=S)N(CCC#N)Cc1ccco1. The van der Waals surface area contributed by atoms with E-state index in [0.29, 0.717) is 24.6 Å². The summed E-state index contributed by atoms with van der Waals surface area (Å²) in [5, 5.41) is 12.6. The molecule has 2 N–H and O–H groups in total. The number of nitrogens with zero attached hydrogens (tertiary/aromatic N) is 2. The van der Waals surface area contributed by atoms with Gasteiger partial charge in [0, 0.05) is 6.54 Å². The molecule has 0 aromatic carbocycles. The lowest BCUT2D eigenvalue weighted by Crippen LogP contribution is -3.06. The summed E-state index contributed by atoms with van der Waals surface area (Å²) in [6.45, 7) is 3.02. The number of nitriles is 1. The molecule has 0 amide bonds. The van der Waals surface area contributed by atoms with Crippen LogP contribution in [0.25, 0.3) is 0 Å². The van der Waals surface area contributed by atoms with Crippen molar-refractivity contribution in [2.75, 3.05) is 33.7 Å². The van der Waals surface area contributed by atoms with E-state index in [1.54, 1.807) is 6.26 Å². The van der Waals surface area contributed by atoms with E-state index in [0.717, 1.165) is 18.8 Å². The van der Waals surface area contributed by atoms with Gasteiger partial charge in [0.1, 0.15) is 5.76 Å². The molecular weight excluding hydrogens is 260 g/mol. The fourth-order valence-corrected chi connectivity index (χ4v) is 1.82. The molecule has 104 valence electrons. The monoisotopic (exact) mass is 281 g/mol. The minimum atomic E-state index is 0.446. The number of nitrogens with one attached hydrogen (secondary N) is 2. The molecule has 6 heteroatoms. The summed E-state index contributed by atoms with van der Waals surface area (Å²) >= 11 is 5.37. The van der Waals surface area contributed by atoms with E-state index in [1.807, 2.05) is 17.0 Å². The molecule has 1 aromatic heterocycles. The van der Waals surface area contributed by atoms with Crippen LogP contribution in [0.4, 0.5) is 0 Å². The molecule has 19 heavy (non-hydrogen) atoms. The summed E-state index contributed by atoms with van der Waals surface area (Å²) in [7, 11) is 4.20. The van der Waals surface area contributed by atoms with Gasteiger partial charge in [0.25, 0.3) is 0 Å². The van der Waals surface area contributed by atoms with Crippen molar-refractivity contribution in [1.29, 1.82) is 5.26 Å². The first kappa shape index (κ1) is 15.5. The van der Waals surface area contributed by atoms with Crippen molar-refractivity contribution in [3.05, 3.63) is 24.2 Å². The average Bonchev–Trinajstić information content (AvgIpc) is 2.86. The van der Waals surface area contributed by atoms with Crippen LogP contribution in [0.1, 0.15) is 12.2 Å². The number of furan rings is 1. The Labute approximate surface area is 119 Å². The van der Waals surface area contributed by atoms with E-state index in [-0.39, 0.29) is 0 Å².